The smallest absolute Gasteiger partial charge is 0.0948 e. The Labute approximate surface area is 68.3 Å². The van der Waals surface area contributed by atoms with Crippen molar-refractivity contribution in [2.75, 3.05) is 0 Å². The molecule has 1 aromatic rings. The average molecular weight is 152 g/mol. The highest BCUT2D eigenvalue weighted by molar-refractivity contribution is 4.83. The van der Waals surface area contributed by atoms with Gasteiger partial charge in [0.15, 0.2) is 0 Å². The fourth-order valence-electron chi connectivity index (χ4n) is 0.946. The van der Waals surface area contributed by atoms with E-state index in [-0.39, 0.29) is 0 Å². The van der Waals surface area contributed by atoms with Crippen LogP contribution in [0.1, 0.15) is 33.7 Å². The van der Waals surface area contributed by atoms with Gasteiger partial charge < -0.3 is 4.57 Å². The van der Waals surface area contributed by atoms with Crippen LogP contribution in [0, 0.1) is 5.41 Å². The largest absolute Gasteiger partial charge is 0.334 e. The van der Waals surface area contributed by atoms with Crippen LogP contribution in [0.15, 0.2) is 18.7 Å². The Morgan fingerprint density at radius 2 is 2.00 bits per heavy atom. The molecule has 1 heterocycles. The lowest BCUT2D eigenvalue weighted by Gasteiger charge is -2.28. The van der Waals surface area contributed by atoms with Crippen molar-refractivity contribution in [1.29, 1.82) is 0 Å². The molecule has 0 unspecified atom stereocenters. The Kier molecular flexibility index (Phi) is 2.03. The molecule has 0 aliphatic heterocycles. The lowest BCUT2D eigenvalue weighted by molar-refractivity contribution is 0.262. The maximum absolute atomic E-state index is 4.02. The molecule has 62 valence electrons. The van der Waals surface area contributed by atoms with E-state index in [1.807, 2.05) is 18.7 Å². The minimum atomic E-state index is 0.306. The number of aromatic nitrogens is 2. The molecule has 0 aliphatic carbocycles. The summed E-state index contributed by atoms with van der Waals surface area (Å²) in [5, 5.41) is 0. The van der Waals surface area contributed by atoms with Crippen LogP contribution in [-0.4, -0.2) is 9.55 Å². The van der Waals surface area contributed by atoms with Gasteiger partial charge in [-0.15, -0.1) is 0 Å². The molecule has 2 nitrogen and oxygen atoms in total. The van der Waals surface area contributed by atoms with Crippen molar-refractivity contribution < 1.29 is 0 Å². The van der Waals surface area contributed by atoms with Crippen molar-refractivity contribution in [2.45, 2.75) is 33.7 Å². The Morgan fingerprint density at radius 1 is 1.36 bits per heavy atom. The lowest BCUT2D eigenvalue weighted by Crippen LogP contribution is -2.20. The number of rotatable bonds is 1. The van der Waals surface area contributed by atoms with Crippen LogP contribution in [0.25, 0.3) is 0 Å². The molecule has 1 atom stereocenters. The zero-order valence-electron chi connectivity index (χ0n) is 7.70. The van der Waals surface area contributed by atoms with Crippen LogP contribution in [0.5, 0.6) is 0 Å². The lowest BCUT2D eigenvalue weighted by atomic mass is 9.88. The first-order chi connectivity index (χ1) is 5.02. The van der Waals surface area contributed by atoms with Crippen LogP contribution < -0.4 is 0 Å². The molecule has 0 spiro atoms. The van der Waals surface area contributed by atoms with Crippen molar-refractivity contribution in [3.05, 3.63) is 18.7 Å². The summed E-state index contributed by atoms with van der Waals surface area (Å²) in [5.41, 5.74) is 0.306. The minimum absolute atomic E-state index is 0.306. The van der Waals surface area contributed by atoms with Crippen molar-refractivity contribution in [3.63, 3.8) is 0 Å². The number of nitrogens with zero attached hydrogens (tertiary/aromatic N) is 2. The number of imidazole rings is 1. The first-order valence-corrected chi connectivity index (χ1v) is 3.99. The molecule has 0 amide bonds. The van der Waals surface area contributed by atoms with E-state index in [1.54, 1.807) is 0 Å². The van der Waals surface area contributed by atoms with Gasteiger partial charge in [0, 0.05) is 18.4 Å². The zero-order chi connectivity index (χ0) is 8.48. The third-order valence-corrected chi connectivity index (χ3v) is 2.23. The first kappa shape index (κ1) is 8.31. The molecule has 0 saturated heterocycles. The van der Waals surface area contributed by atoms with Crippen LogP contribution in [0.2, 0.25) is 0 Å². The highest BCUT2D eigenvalue weighted by Crippen LogP contribution is 2.29. The van der Waals surface area contributed by atoms with Crippen molar-refractivity contribution in [2.24, 2.45) is 5.41 Å². The van der Waals surface area contributed by atoms with Gasteiger partial charge in [0.25, 0.3) is 0 Å². The predicted octanol–water partition coefficient (Wildman–Crippen LogP) is 2.49. The molecule has 0 aromatic carbocycles. The van der Waals surface area contributed by atoms with Gasteiger partial charge >= 0.3 is 0 Å². The van der Waals surface area contributed by atoms with Gasteiger partial charge in [-0.1, -0.05) is 20.8 Å². The molecule has 11 heavy (non-hydrogen) atoms. The van der Waals surface area contributed by atoms with Gasteiger partial charge in [0.2, 0.25) is 0 Å². The second-order valence-corrected chi connectivity index (χ2v) is 4.05. The molecular formula is C9H16N2. The Morgan fingerprint density at radius 3 is 2.36 bits per heavy atom. The van der Waals surface area contributed by atoms with Crippen molar-refractivity contribution in [3.8, 4) is 0 Å². The summed E-state index contributed by atoms with van der Waals surface area (Å²) in [7, 11) is 0. The van der Waals surface area contributed by atoms with Crippen molar-refractivity contribution >= 4 is 0 Å². The quantitative estimate of drug-likeness (QED) is 0.604. The molecule has 1 rings (SSSR count). The van der Waals surface area contributed by atoms with Crippen LogP contribution in [0.4, 0.5) is 0 Å². The summed E-state index contributed by atoms with van der Waals surface area (Å²) >= 11 is 0. The predicted molar refractivity (Wildman–Crippen MR) is 46.4 cm³/mol. The highest BCUT2D eigenvalue weighted by atomic mass is 15.1. The fraction of sp³-hybridized carbons (Fsp3) is 0.667. The molecule has 0 aliphatic rings. The van der Waals surface area contributed by atoms with Crippen molar-refractivity contribution in [1.82, 2.24) is 9.55 Å². The van der Waals surface area contributed by atoms with Gasteiger partial charge in [-0.25, -0.2) is 4.98 Å². The van der Waals surface area contributed by atoms with E-state index in [2.05, 4.69) is 37.2 Å². The second-order valence-electron chi connectivity index (χ2n) is 4.05. The third kappa shape index (κ3) is 1.82. The van der Waals surface area contributed by atoms with Gasteiger partial charge in [-0.2, -0.15) is 0 Å². The fourth-order valence-corrected chi connectivity index (χ4v) is 0.946. The summed E-state index contributed by atoms with van der Waals surface area (Å²) < 4.78 is 2.14. The Hall–Kier alpha value is -0.790. The van der Waals surface area contributed by atoms with Crippen LogP contribution in [0.3, 0.4) is 0 Å². The van der Waals surface area contributed by atoms with E-state index < -0.39 is 0 Å². The Balaban J connectivity index is 2.78. The monoisotopic (exact) mass is 152 g/mol. The molecule has 2 heteroatoms. The normalized spacial score (nSPS) is 14.9. The van der Waals surface area contributed by atoms with Crippen LogP contribution in [-0.2, 0) is 0 Å². The maximum atomic E-state index is 4.02. The molecule has 0 N–H and O–H groups in total. The molecule has 1 aromatic heterocycles. The zero-order valence-corrected chi connectivity index (χ0v) is 7.70. The van der Waals surface area contributed by atoms with E-state index >= 15 is 0 Å². The van der Waals surface area contributed by atoms with E-state index in [0.29, 0.717) is 11.5 Å². The standard InChI is InChI=1S/C9H16N2/c1-8(9(2,3)4)11-6-5-10-7-11/h5-8H,1-4H3/t8-/m1/s1. The summed E-state index contributed by atoms with van der Waals surface area (Å²) in [6, 6.07) is 0.505. The van der Waals surface area contributed by atoms with E-state index in [1.165, 1.54) is 0 Å². The third-order valence-electron chi connectivity index (χ3n) is 2.23. The number of hydrogen-bond donors (Lipinski definition) is 0. The van der Waals surface area contributed by atoms with Crippen LogP contribution >= 0.6 is 0 Å². The molecule has 0 bridgehead atoms. The van der Waals surface area contributed by atoms with Gasteiger partial charge in [-0.3, -0.25) is 0 Å². The SMILES string of the molecule is C[C@@H](n1ccnc1)C(C)(C)C. The average Bonchev–Trinajstić information content (AvgIpc) is 2.34. The van der Waals surface area contributed by atoms with E-state index in [0.717, 1.165) is 0 Å². The topological polar surface area (TPSA) is 17.8 Å². The first-order valence-electron chi connectivity index (χ1n) is 3.99. The van der Waals surface area contributed by atoms with E-state index in [4.69, 9.17) is 0 Å². The Bertz CT molecular complexity index is 206. The molecule has 0 saturated carbocycles. The van der Waals surface area contributed by atoms with Gasteiger partial charge in [0.1, 0.15) is 0 Å². The second kappa shape index (κ2) is 2.68. The summed E-state index contributed by atoms with van der Waals surface area (Å²) in [6.45, 7) is 8.91. The number of hydrogen-bond acceptors (Lipinski definition) is 1. The molecule has 0 radical (unpaired) electrons. The maximum Gasteiger partial charge on any atom is 0.0948 e. The highest BCUT2D eigenvalue weighted by Gasteiger charge is 2.20. The molecule has 0 fully saturated rings. The van der Waals surface area contributed by atoms with E-state index in [9.17, 15) is 0 Å². The van der Waals surface area contributed by atoms with Gasteiger partial charge in [0.05, 0.1) is 6.33 Å². The minimum Gasteiger partial charge on any atom is -0.334 e. The molecular weight excluding hydrogens is 136 g/mol. The summed E-state index contributed by atoms with van der Waals surface area (Å²) in [6.07, 6.45) is 5.70. The summed E-state index contributed by atoms with van der Waals surface area (Å²) in [5.74, 6) is 0. The summed E-state index contributed by atoms with van der Waals surface area (Å²) in [4.78, 5) is 4.02. The van der Waals surface area contributed by atoms with Gasteiger partial charge in [-0.05, 0) is 12.3 Å².